The molecular formula is C15H23N5O. The molecule has 1 saturated carbocycles. The third-order valence-electron chi connectivity index (χ3n) is 4.55. The molecule has 2 aliphatic rings. The van der Waals surface area contributed by atoms with E-state index in [1.54, 1.807) is 19.4 Å². The van der Waals surface area contributed by atoms with Gasteiger partial charge in [0.1, 0.15) is 11.5 Å². The smallest absolute Gasteiger partial charge is 0.274 e. The first-order valence-electron chi connectivity index (χ1n) is 7.81. The molecule has 2 fully saturated rings. The van der Waals surface area contributed by atoms with Gasteiger partial charge in [0, 0.05) is 39.3 Å². The molecule has 1 N–H and O–H groups in total. The van der Waals surface area contributed by atoms with Crippen molar-refractivity contribution in [3.63, 3.8) is 0 Å². The molecule has 2 heterocycles. The van der Waals surface area contributed by atoms with Crippen molar-refractivity contribution in [1.29, 1.82) is 0 Å². The van der Waals surface area contributed by atoms with Crippen LogP contribution in [-0.2, 0) is 0 Å². The third-order valence-corrected chi connectivity index (χ3v) is 4.55. The zero-order chi connectivity index (χ0) is 14.7. The maximum absolute atomic E-state index is 12.5. The molecule has 0 spiro atoms. The van der Waals surface area contributed by atoms with Crippen LogP contribution in [0.4, 0.5) is 5.82 Å². The summed E-state index contributed by atoms with van der Waals surface area (Å²) in [5, 5.41) is 2.92. The second-order valence-electron chi connectivity index (χ2n) is 5.81. The van der Waals surface area contributed by atoms with E-state index >= 15 is 0 Å². The Hall–Kier alpha value is -1.69. The van der Waals surface area contributed by atoms with Crippen LogP contribution in [0.1, 0.15) is 36.2 Å². The summed E-state index contributed by atoms with van der Waals surface area (Å²) in [5.74, 6) is 0.621. The fraction of sp³-hybridized carbons (Fsp3) is 0.667. The molecule has 1 aliphatic carbocycles. The van der Waals surface area contributed by atoms with E-state index in [0.717, 1.165) is 32.2 Å². The summed E-state index contributed by atoms with van der Waals surface area (Å²) in [7, 11) is 1.78. The van der Waals surface area contributed by atoms with Crippen molar-refractivity contribution >= 4 is 11.7 Å². The van der Waals surface area contributed by atoms with Crippen molar-refractivity contribution in [1.82, 2.24) is 19.8 Å². The number of carbonyl (C=O) groups is 1. The highest BCUT2D eigenvalue weighted by molar-refractivity contribution is 5.92. The average molecular weight is 289 g/mol. The van der Waals surface area contributed by atoms with Gasteiger partial charge in [-0.15, -0.1) is 0 Å². The third kappa shape index (κ3) is 3.15. The monoisotopic (exact) mass is 289 g/mol. The van der Waals surface area contributed by atoms with Crippen LogP contribution in [0.15, 0.2) is 12.4 Å². The van der Waals surface area contributed by atoms with Crippen LogP contribution in [0.5, 0.6) is 0 Å². The minimum absolute atomic E-state index is 0.00864. The minimum atomic E-state index is -0.00864. The van der Waals surface area contributed by atoms with Crippen molar-refractivity contribution in [2.24, 2.45) is 0 Å². The molecular weight excluding hydrogens is 266 g/mol. The zero-order valence-corrected chi connectivity index (χ0v) is 12.6. The second-order valence-corrected chi connectivity index (χ2v) is 5.81. The number of amides is 1. The summed E-state index contributed by atoms with van der Waals surface area (Å²) in [4.78, 5) is 25.3. The van der Waals surface area contributed by atoms with E-state index in [9.17, 15) is 4.79 Å². The van der Waals surface area contributed by atoms with Gasteiger partial charge in [-0.2, -0.15) is 0 Å². The van der Waals surface area contributed by atoms with Crippen LogP contribution in [0.3, 0.4) is 0 Å². The first-order chi connectivity index (χ1) is 10.3. The Bertz CT molecular complexity index is 493. The van der Waals surface area contributed by atoms with E-state index in [1.807, 2.05) is 4.90 Å². The number of hydrogen-bond donors (Lipinski definition) is 1. The molecule has 1 saturated heterocycles. The Labute approximate surface area is 125 Å². The van der Waals surface area contributed by atoms with E-state index in [0.29, 0.717) is 11.5 Å². The summed E-state index contributed by atoms with van der Waals surface area (Å²) in [5.41, 5.74) is 0.427. The SMILES string of the molecule is CNc1cncc(C(=O)N2CCN(C3CCCC3)CC2)n1. The van der Waals surface area contributed by atoms with Gasteiger partial charge in [-0.25, -0.2) is 4.98 Å². The standard InChI is InChI=1S/C15H23N5O/c1-16-14-11-17-10-13(18-14)15(21)20-8-6-19(7-9-20)12-4-2-3-5-12/h10-12H,2-9H2,1H3,(H,16,18). The lowest BCUT2D eigenvalue weighted by atomic mass is 10.1. The molecule has 1 aromatic rings. The van der Waals surface area contributed by atoms with E-state index in [-0.39, 0.29) is 5.91 Å². The summed E-state index contributed by atoms with van der Waals surface area (Å²) in [6, 6.07) is 0.745. The molecule has 0 atom stereocenters. The lowest BCUT2D eigenvalue weighted by Gasteiger charge is -2.37. The Morgan fingerprint density at radius 3 is 2.57 bits per heavy atom. The van der Waals surface area contributed by atoms with Gasteiger partial charge in [0.25, 0.3) is 5.91 Å². The fourth-order valence-corrected chi connectivity index (χ4v) is 3.31. The number of rotatable bonds is 3. The molecule has 3 rings (SSSR count). The predicted molar refractivity (Wildman–Crippen MR) is 81.3 cm³/mol. The molecule has 1 aliphatic heterocycles. The number of aromatic nitrogens is 2. The van der Waals surface area contributed by atoms with E-state index in [4.69, 9.17) is 0 Å². The molecule has 0 radical (unpaired) electrons. The first-order valence-corrected chi connectivity index (χ1v) is 7.81. The van der Waals surface area contributed by atoms with Crippen molar-refractivity contribution in [3.8, 4) is 0 Å². The summed E-state index contributed by atoms with van der Waals surface area (Å²) in [6.07, 6.45) is 8.53. The molecule has 0 unspecified atom stereocenters. The molecule has 0 bridgehead atoms. The maximum Gasteiger partial charge on any atom is 0.274 e. The highest BCUT2D eigenvalue weighted by atomic mass is 16.2. The normalized spacial score (nSPS) is 20.7. The number of carbonyl (C=O) groups excluding carboxylic acids is 1. The van der Waals surface area contributed by atoms with Crippen LogP contribution >= 0.6 is 0 Å². The highest BCUT2D eigenvalue weighted by Crippen LogP contribution is 2.24. The van der Waals surface area contributed by atoms with Gasteiger partial charge in [-0.3, -0.25) is 14.7 Å². The summed E-state index contributed by atoms with van der Waals surface area (Å²) in [6.45, 7) is 3.55. The van der Waals surface area contributed by atoms with Gasteiger partial charge in [0.2, 0.25) is 0 Å². The van der Waals surface area contributed by atoms with Crippen LogP contribution in [0.2, 0.25) is 0 Å². The van der Waals surface area contributed by atoms with Gasteiger partial charge in [0.05, 0.1) is 12.4 Å². The number of nitrogens with one attached hydrogen (secondary N) is 1. The molecule has 6 nitrogen and oxygen atoms in total. The van der Waals surface area contributed by atoms with Crippen LogP contribution in [0.25, 0.3) is 0 Å². The molecule has 6 heteroatoms. The number of anilines is 1. The Kier molecular flexibility index (Phi) is 4.34. The van der Waals surface area contributed by atoms with Crippen LogP contribution in [-0.4, -0.2) is 64.9 Å². The predicted octanol–water partition coefficient (Wildman–Crippen LogP) is 1.22. The van der Waals surface area contributed by atoms with Gasteiger partial charge < -0.3 is 10.2 Å². The maximum atomic E-state index is 12.5. The van der Waals surface area contributed by atoms with Gasteiger partial charge in [0.15, 0.2) is 0 Å². The molecule has 0 aromatic carbocycles. The Morgan fingerprint density at radius 1 is 1.19 bits per heavy atom. The van der Waals surface area contributed by atoms with Crippen molar-refractivity contribution in [2.45, 2.75) is 31.7 Å². The Balaban J connectivity index is 1.59. The fourth-order valence-electron chi connectivity index (χ4n) is 3.31. The zero-order valence-electron chi connectivity index (χ0n) is 12.6. The number of piperazine rings is 1. The lowest BCUT2D eigenvalue weighted by molar-refractivity contribution is 0.0567. The molecule has 1 amide bonds. The highest BCUT2D eigenvalue weighted by Gasteiger charge is 2.28. The molecule has 114 valence electrons. The average Bonchev–Trinajstić information content (AvgIpc) is 3.09. The van der Waals surface area contributed by atoms with Gasteiger partial charge >= 0.3 is 0 Å². The quantitative estimate of drug-likeness (QED) is 0.906. The van der Waals surface area contributed by atoms with Crippen molar-refractivity contribution in [2.75, 3.05) is 38.5 Å². The van der Waals surface area contributed by atoms with E-state index in [2.05, 4.69) is 20.2 Å². The molecule has 1 aromatic heterocycles. The van der Waals surface area contributed by atoms with Gasteiger partial charge in [-0.1, -0.05) is 12.8 Å². The first kappa shape index (κ1) is 14.3. The van der Waals surface area contributed by atoms with Crippen molar-refractivity contribution < 1.29 is 4.79 Å². The molecule has 21 heavy (non-hydrogen) atoms. The van der Waals surface area contributed by atoms with E-state index in [1.165, 1.54) is 25.7 Å². The van der Waals surface area contributed by atoms with Crippen LogP contribution in [0, 0.1) is 0 Å². The van der Waals surface area contributed by atoms with E-state index < -0.39 is 0 Å². The topological polar surface area (TPSA) is 61.4 Å². The largest absolute Gasteiger partial charge is 0.372 e. The summed E-state index contributed by atoms with van der Waals surface area (Å²) < 4.78 is 0. The Morgan fingerprint density at radius 2 is 1.90 bits per heavy atom. The van der Waals surface area contributed by atoms with Crippen molar-refractivity contribution in [3.05, 3.63) is 18.1 Å². The van der Waals surface area contributed by atoms with Gasteiger partial charge in [-0.05, 0) is 12.8 Å². The van der Waals surface area contributed by atoms with Crippen LogP contribution < -0.4 is 5.32 Å². The summed E-state index contributed by atoms with van der Waals surface area (Å²) >= 11 is 0. The number of nitrogens with zero attached hydrogens (tertiary/aromatic N) is 4. The second kappa shape index (κ2) is 6.39. The lowest BCUT2D eigenvalue weighted by Crippen LogP contribution is -2.51. The minimum Gasteiger partial charge on any atom is -0.372 e. The number of hydrogen-bond acceptors (Lipinski definition) is 5.